The fourth-order valence-electron chi connectivity index (χ4n) is 14.8. The lowest BCUT2D eigenvalue weighted by Crippen LogP contribution is -2.80. The van der Waals surface area contributed by atoms with Gasteiger partial charge < -0.3 is 43.5 Å². The van der Waals surface area contributed by atoms with E-state index in [1.165, 1.54) is 90.2 Å². The second-order valence-electron chi connectivity index (χ2n) is 19.8. The van der Waals surface area contributed by atoms with E-state index in [9.17, 15) is 19.8 Å². The maximum atomic E-state index is 14.4. The lowest BCUT2D eigenvalue weighted by Gasteiger charge is -2.69. The Morgan fingerprint density at radius 1 is 0.836 bits per heavy atom. The van der Waals surface area contributed by atoms with E-state index in [1.54, 1.807) is 45.6 Å². The number of likely N-dealkylation sites (tertiary alicyclic amines) is 1. The quantitative estimate of drug-likeness (QED) is 0.0603. The standard InChI is InChI=1S/C50H77NO10/c1-7-8-9-10-11-12-13-14-15-16-17-18-19-20-21-25-28-37(52)61-50-38-35(31-48(55,45(59-6)43(50)53)44(38)60-46(54)34-26-23-22-24-27-34)49-36(57-4)29-30-47(33-56-3)32-51(2)42(49)39(50)40(58-5)41(47)49/h22-28,35-36,38-45,53,55H,7-21,29-33H2,1-6H3/b28-25+/t35-,36+,38-,39+,40+,41-,42?,43+,44-,45+,47+,48-,49+,50-/m1/s1. The monoisotopic (exact) mass is 852 g/mol. The van der Waals surface area contributed by atoms with Crippen LogP contribution in [-0.2, 0) is 33.2 Å². The fourth-order valence-corrected chi connectivity index (χ4v) is 14.8. The molecule has 1 aromatic carbocycles. The average molecular weight is 852 g/mol. The molecular formula is C50H77NO10. The molecule has 11 nitrogen and oxygen atoms in total. The van der Waals surface area contributed by atoms with Crippen LogP contribution in [0.15, 0.2) is 42.5 Å². The number of esters is 2. The Labute approximate surface area is 365 Å². The van der Waals surface area contributed by atoms with Gasteiger partial charge in [-0.05, 0) is 57.2 Å². The predicted octanol–water partition coefficient (Wildman–Crippen LogP) is 7.69. The van der Waals surface area contributed by atoms with E-state index in [0.29, 0.717) is 12.2 Å². The van der Waals surface area contributed by atoms with Crippen molar-refractivity contribution in [2.45, 2.75) is 170 Å². The summed E-state index contributed by atoms with van der Waals surface area (Å²) in [4.78, 5) is 30.8. The fraction of sp³-hybridized carbons (Fsp3) is 0.800. The van der Waals surface area contributed by atoms with Gasteiger partial charge in [-0.1, -0.05) is 115 Å². The van der Waals surface area contributed by atoms with Crippen LogP contribution in [0.25, 0.3) is 0 Å². The summed E-state index contributed by atoms with van der Waals surface area (Å²) < 4.78 is 38.7. The first-order valence-electron chi connectivity index (χ1n) is 23.9. The van der Waals surface area contributed by atoms with Crippen LogP contribution in [0, 0.1) is 34.5 Å². The Bertz CT molecular complexity index is 1640. The molecule has 1 aromatic rings. The molecule has 0 aromatic heterocycles. The second kappa shape index (κ2) is 19.8. The number of hydrogen-bond donors (Lipinski definition) is 2. The number of nitrogens with zero attached hydrogens (tertiary/aromatic N) is 1. The van der Waals surface area contributed by atoms with Crippen molar-refractivity contribution in [2.75, 3.05) is 48.6 Å². The van der Waals surface area contributed by atoms with Crippen LogP contribution in [0.5, 0.6) is 0 Å². The van der Waals surface area contributed by atoms with E-state index in [2.05, 4.69) is 18.9 Å². The number of aliphatic hydroxyl groups excluding tert-OH is 1. The highest BCUT2D eigenvalue weighted by atomic mass is 16.6. The van der Waals surface area contributed by atoms with Gasteiger partial charge in [-0.3, -0.25) is 0 Å². The highest BCUT2D eigenvalue weighted by Crippen LogP contribution is 2.80. The number of hydrogen-bond acceptors (Lipinski definition) is 11. The number of piperidine rings is 1. The lowest BCUT2D eigenvalue weighted by atomic mass is 9.43. The van der Waals surface area contributed by atoms with Crippen LogP contribution in [-0.4, -0.2) is 123 Å². The lowest BCUT2D eigenvalue weighted by molar-refractivity contribution is -0.315. The minimum atomic E-state index is -1.79. The van der Waals surface area contributed by atoms with E-state index in [-0.39, 0.29) is 29.9 Å². The normalized spacial score (nSPS) is 39.5. The zero-order valence-electron chi connectivity index (χ0n) is 38.1. The van der Waals surface area contributed by atoms with E-state index in [4.69, 9.17) is 28.4 Å². The summed E-state index contributed by atoms with van der Waals surface area (Å²) >= 11 is 0. The summed E-state index contributed by atoms with van der Waals surface area (Å²) in [5.41, 5.74) is -4.08. The van der Waals surface area contributed by atoms with E-state index < -0.39 is 70.7 Å². The number of unbranched alkanes of at least 4 members (excludes halogenated alkanes) is 14. The summed E-state index contributed by atoms with van der Waals surface area (Å²) in [6.45, 7) is 3.49. The number of allylic oxidation sites excluding steroid dienone is 1. The Hall–Kier alpha value is -2.38. The molecule has 0 radical (unpaired) electrons. The summed E-state index contributed by atoms with van der Waals surface area (Å²) in [5, 5.41) is 26.0. The van der Waals surface area contributed by atoms with E-state index in [1.807, 2.05) is 12.1 Å². The molecule has 1 spiro atoms. The number of carbonyl (C=O) groups excluding carboxylic acids is 2. The van der Waals surface area contributed by atoms with E-state index >= 15 is 0 Å². The summed E-state index contributed by atoms with van der Waals surface area (Å²) in [6, 6.07) is 8.47. The average Bonchev–Trinajstić information content (AvgIpc) is 3.65. The van der Waals surface area contributed by atoms with Crippen LogP contribution >= 0.6 is 0 Å². The topological polar surface area (TPSA) is 133 Å². The molecule has 6 fully saturated rings. The van der Waals surface area contributed by atoms with Crippen molar-refractivity contribution in [1.29, 1.82) is 0 Å². The molecule has 7 rings (SSSR count). The molecule has 5 saturated carbocycles. The molecule has 14 atom stereocenters. The zero-order valence-corrected chi connectivity index (χ0v) is 38.1. The van der Waals surface area contributed by atoms with Gasteiger partial charge in [-0.25, -0.2) is 9.59 Å². The van der Waals surface area contributed by atoms with Crippen molar-refractivity contribution in [3.63, 3.8) is 0 Å². The first-order valence-corrected chi connectivity index (χ1v) is 23.9. The van der Waals surface area contributed by atoms with Crippen molar-refractivity contribution in [3.8, 4) is 0 Å². The highest BCUT2D eigenvalue weighted by molar-refractivity contribution is 5.89. The maximum absolute atomic E-state index is 14.4. The number of fused-ring (bicyclic) bond motifs is 2. The number of aliphatic hydroxyl groups is 2. The third kappa shape index (κ3) is 7.86. The van der Waals surface area contributed by atoms with Crippen molar-refractivity contribution in [3.05, 3.63) is 48.0 Å². The molecule has 0 amide bonds. The van der Waals surface area contributed by atoms with Gasteiger partial charge in [0.2, 0.25) is 0 Å². The summed E-state index contributed by atoms with van der Waals surface area (Å²) in [7, 11) is 8.77. The van der Waals surface area contributed by atoms with Gasteiger partial charge in [0.05, 0.1) is 24.4 Å². The summed E-state index contributed by atoms with van der Waals surface area (Å²) in [6.07, 6.45) is 19.3. The van der Waals surface area contributed by atoms with Gasteiger partial charge >= 0.3 is 11.9 Å². The third-order valence-electron chi connectivity index (χ3n) is 16.7. The molecule has 11 heteroatoms. The Kier molecular flexibility index (Phi) is 15.1. The number of rotatable bonds is 24. The zero-order chi connectivity index (χ0) is 43.4. The minimum absolute atomic E-state index is 0.127. The van der Waals surface area contributed by atoms with Crippen molar-refractivity contribution in [2.24, 2.45) is 34.5 Å². The molecule has 61 heavy (non-hydrogen) atoms. The number of benzene rings is 1. The molecule has 5 aliphatic carbocycles. The summed E-state index contributed by atoms with van der Waals surface area (Å²) in [5.74, 6) is -3.08. The van der Waals surface area contributed by atoms with Gasteiger partial charge in [0.1, 0.15) is 23.9 Å². The smallest absolute Gasteiger partial charge is 0.338 e. The number of carbonyl (C=O) groups is 2. The van der Waals surface area contributed by atoms with Crippen molar-refractivity contribution < 1.29 is 48.2 Å². The van der Waals surface area contributed by atoms with Crippen molar-refractivity contribution >= 4 is 11.9 Å². The van der Waals surface area contributed by atoms with Gasteiger partial charge in [0.15, 0.2) is 5.60 Å². The highest BCUT2D eigenvalue weighted by Gasteiger charge is 2.91. The Balaban J connectivity index is 1.14. The molecule has 342 valence electrons. The molecule has 1 saturated heterocycles. The Morgan fingerprint density at radius 3 is 2.07 bits per heavy atom. The van der Waals surface area contributed by atoms with Crippen LogP contribution in [0.3, 0.4) is 0 Å². The molecule has 7 bridgehead atoms. The van der Waals surface area contributed by atoms with Gasteiger partial charge in [-0.15, -0.1) is 0 Å². The van der Waals surface area contributed by atoms with Crippen LogP contribution in [0.1, 0.15) is 133 Å². The molecule has 1 unspecified atom stereocenters. The Morgan fingerprint density at radius 2 is 1.48 bits per heavy atom. The first kappa shape index (κ1) is 46.6. The maximum Gasteiger partial charge on any atom is 0.338 e. The van der Waals surface area contributed by atoms with Crippen molar-refractivity contribution in [1.82, 2.24) is 4.90 Å². The van der Waals surface area contributed by atoms with Crippen LogP contribution < -0.4 is 0 Å². The number of methoxy groups -OCH3 is 4. The largest absolute Gasteiger partial charge is 0.455 e. The molecule has 6 aliphatic rings. The number of ether oxygens (including phenoxy) is 6. The van der Waals surface area contributed by atoms with Gasteiger partial charge in [0.25, 0.3) is 0 Å². The second-order valence-corrected chi connectivity index (χ2v) is 19.8. The molecule has 1 aliphatic heterocycles. The van der Waals surface area contributed by atoms with Crippen LogP contribution in [0.4, 0.5) is 0 Å². The molecule has 1 heterocycles. The molecular weight excluding hydrogens is 775 g/mol. The SMILES string of the molecule is CCCCCCCCCCCCCCCC/C=C/C(=O)O[C@]12[C@H]3[C@@H](OC(=O)c4ccccc4)[C@](O)(C[C@H]3[C@@]34C5[C@@H]1[C@H](OC)[C@@H]3[C@@](COC)(CC[C@@H]4OC)CN5C)[C@@H](OC)[C@@H]2O. The predicted molar refractivity (Wildman–Crippen MR) is 233 cm³/mol. The third-order valence-corrected chi connectivity index (χ3v) is 16.7. The molecule has 2 N–H and O–H groups in total. The minimum Gasteiger partial charge on any atom is -0.455 e. The van der Waals surface area contributed by atoms with Gasteiger partial charge in [0, 0.05) is 75.7 Å². The van der Waals surface area contributed by atoms with Gasteiger partial charge in [-0.2, -0.15) is 0 Å². The van der Waals surface area contributed by atoms with E-state index in [0.717, 1.165) is 38.6 Å². The first-order chi connectivity index (χ1) is 29.6. The van der Waals surface area contributed by atoms with Crippen LogP contribution in [0.2, 0.25) is 0 Å².